The first-order valence-corrected chi connectivity index (χ1v) is 9.09. The molecule has 4 N–H and O–H groups in total. The van der Waals surface area contributed by atoms with Gasteiger partial charge in [-0.05, 0) is 48.5 Å². The van der Waals surface area contributed by atoms with E-state index in [4.69, 9.17) is 0 Å². The number of rotatable bonds is 0. The van der Waals surface area contributed by atoms with Crippen LogP contribution in [0.4, 0.5) is 22.7 Å². The summed E-state index contributed by atoms with van der Waals surface area (Å²) >= 11 is 0. The molecule has 0 atom stereocenters. The van der Waals surface area contributed by atoms with Crippen molar-refractivity contribution in [3.8, 4) is 0 Å². The minimum Gasteiger partial charge on any atom is -0.383 e. The summed E-state index contributed by atoms with van der Waals surface area (Å²) in [6, 6.07) is 21.8. The molecule has 0 saturated heterocycles. The van der Waals surface area contributed by atoms with Crippen molar-refractivity contribution in [3.05, 3.63) is 83.9 Å². The molecule has 140 valence electrons. The lowest BCUT2D eigenvalue weighted by Crippen LogP contribution is -2.20. The Hall–Kier alpha value is -3.80. The van der Waals surface area contributed by atoms with Crippen LogP contribution in [0.25, 0.3) is 0 Å². The van der Waals surface area contributed by atoms with Crippen LogP contribution in [0, 0.1) is 0 Å². The van der Waals surface area contributed by atoms with Gasteiger partial charge in [0.05, 0.1) is 11.1 Å². The summed E-state index contributed by atoms with van der Waals surface area (Å²) in [7, 11) is 0. The minimum absolute atomic E-state index is 0.190. The summed E-state index contributed by atoms with van der Waals surface area (Å²) < 4.78 is 0. The van der Waals surface area contributed by atoms with Crippen molar-refractivity contribution in [2.75, 3.05) is 34.4 Å². The molecule has 0 spiro atoms. The van der Waals surface area contributed by atoms with E-state index < -0.39 is 0 Å². The van der Waals surface area contributed by atoms with Crippen LogP contribution in [-0.4, -0.2) is 24.9 Å². The number of hydrogen-bond donors (Lipinski definition) is 4. The first-order valence-electron chi connectivity index (χ1n) is 9.09. The molecule has 0 aromatic heterocycles. The summed E-state index contributed by atoms with van der Waals surface area (Å²) in [5, 5.41) is 12.4. The summed E-state index contributed by atoms with van der Waals surface area (Å²) in [5.74, 6) is -0.379. The summed E-state index contributed by atoms with van der Waals surface area (Å²) in [6.07, 6.45) is 0. The molecule has 2 amide bonds. The van der Waals surface area contributed by atoms with Gasteiger partial charge in [-0.25, -0.2) is 0 Å². The lowest BCUT2D eigenvalue weighted by atomic mass is 10.1. The predicted octanol–water partition coefficient (Wildman–Crippen LogP) is 4.03. The van der Waals surface area contributed by atoms with E-state index in [1.807, 2.05) is 36.4 Å². The molecule has 2 bridgehead atoms. The highest BCUT2D eigenvalue weighted by atomic mass is 16.2. The maximum atomic E-state index is 12.7. The molecular formula is C22H20N4O2. The fourth-order valence-electron chi connectivity index (χ4n) is 3.10. The van der Waals surface area contributed by atoms with Crippen LogP contribution in [0.3, 0.4) is 0 Å². The molecule has 0 radical (unpaired) electrons. The molecule has 0 aliphatic carbocycles. The third-order valence-electron chi connectivity index (χ3n) is 4.50. The molecule has 28 heavy (non-hydrogen) atoms. The number of carbonyl (C=O) groups excluding carboxylic acids is 2. The normalized spacial score (nSPS) is 14.0. The third-order valence-corrected chi connectivity index (χ3v) is 4.50. The van der Waals surface area contributed by atoms with E-state index in [0.29, 0.717) is 35.6 Å². The van der Waals surface area contributed by atoms with Gasteiger partial charge in [-0.2, -0.15) is 0 Å². The van der Waals surface area contributed by atoms with Crippen LogP contribution < -0.4 is 21.3 Å². The Kier molecular flexibility index (Phi) is 4.93. The van der Waals surface area contributed by atoms with Gasteiger partial charge in [-0.1, -0.05) is 24.3 Å². The number of anilines is 4. The number of fused-ring (bicyclic) bond motifs is 7. The molecule has 2 aliphatic rings. The standard InChI is InChI=1S/C22H20N4O2/c27-21-17-5-1-3-7-19(17)23-13-14-24-20-8-4-2-6-18(20)22(28)26-16-11-9-15(25-21)10-12-16/h1-12,23-24H,13-14H2,(H,25,27)(H,26,28). The number of nitrogens with one attached hydrogen (secondary N) is 4. The lowest BCUT2D eigenvalue weighted by molar-refractivity contribution is 0.101. The van der Waals surface area contributed by atoms with E-state index in [1.165, 1.54) is 0 Å². The van der Waals surface area contributed by atoms with Gasteiger partial charge < -0.3 is 21.3 Å². The average Bonchev–Trinajstić information content (AvgIpc) is 2.72. The fraction of sp³-hybridized carbons (Fsp3) is 0.0909. The highest BCUT2D eigenvalue weighted by molar-refractivity contribution is 6.09. The Bertz CT molecular complexity index is 933. The topological polar surface area (TPSA) is 82.3 Å². The second-order valence-electron chi connectivity index (χ2n) is 6.43. The number of para-hydroxylation sites is 2. The highest BCUT2D eigenvalue weighted by Crippen LogP contribution is 2.21. The number of benzene rings is 3. The molecule has 2 aliphatic heterocycles. The van der Waals surface area contributed by atoms with E-state index in [9.17, 15) is 9.59 Å². The first-order chi connectivity index (χ1) is 13.7. The van der Waals surface area contributed by atoms with Gasteiger partial charge in [0, 0.05) is 35.8 Å². The summed E-state index contributed by atoms with van der Waals surface area (Å²) in [6.45, 7) is 1.18. The van der Waals surface area contributed by atoms with Crippen molar-refractivity contribution >= 4 is 34.6 Å². The Morgan fingerprint density at radius 2 is 0.929 bits per heavy atom. The molecule has 6 nitrogen and oxygen atoms in total. The van der Waals surface area contributed by atoms with Crippen molar-refractivity contribution in [3.63, 3.8) is 0 Å². The second-order valence-corrected chi connectivity index (χ2v) is 6.43. The smallest absolute Gasteiger partial charge is 0.257 e. The molecule has 0 fully saturated rings. The predicted molar refractivity (Wildman–Crippen MR) is 112 cm³/mol. The average molecular weight is 372 g/mol. The van der Waals surface area contributed by atoms with Gasteiger partial charge in [0.25, 0.3) is 11.8 Å². The maximum Gasteiger partial charge on any atom is 0.257 e. The maximum absolute atomic E-state index is 12.7. The van der Waals surface area contributed by atoms with Crippen molar-refractivity contribution in [2.24, 2.45) is 0 Å². The van der Waals surface area contributed by atoms with Gasteiger partial charge in [0.1, 0.15) is 0 Å². The van der Waals surface area contributed by atoms with Gasteiger partial charge >= 0.3 is 0 Å². The fourth-order valence-corrected chi connectivity index (χ4v) is 3.10. The molecule has 3 aromatic rings. The van der Waals surface area contributed by atoms with E-state index in [0.717, 1.165) is 11.4 Å². The zero-order valence-corrected chi connectivity index (χ0v) is 15.2. The van der Waals surface area contributed by atoms with Gasteiger partial charge in [0.2, 0.25) is 0 Å². The van der Waals surface area contributed by atoms with Crippen LogP contribution in [0.1, 0.15) is 20.7 Å². The number of carbonyl (C=O) groups is 2. The Morgan fingerprint density at radius 3 is 1.36 bits per heavy atom. The van der Waals surface area contributed by atoms with E-state index in [-0.39, 0.29) is 11.8 Å². The highest BCUT2D eigenvalue weighted by Gasteiger charge is 2.14. The van der Waals surface area contributed by atoms with E-state index in [2.05, 4.69) is 21.3 Å². The zero-order valence-electron chi connectivity index (χ0n) is 15.2. The monoisotopic (exact) mass is 372 g/mol. The van der Waals surface area contributed by atoms with Gasteiger partial charge in [-0.15, -0.1) is 0 Å². The Balaban J connectivity index is 1.69. The van der Waals surface area contributed by atoms with Crippen molar-refractivity contribution < 1.29 is 9.59 Å². The molecule has 6 heteroatoms. The summed E-state index contributed by atoms with van der Waals surface area (Å²) in [5.41, 5.74) is 3.99. The van der Waals surface area contributed by atoms with Crippen LogP contribution >= 0.6 is 0 Å². The van der Waals surface area contributed by atoms with Crippen molar-refractivity contribution in [1.82, 2.24) is 0 Å². The molecule has 3 aromatic carbocycles. The minimum atomic E-state index is -0.190. The zero-order chi connectivity index (χ0) is 19.3. The van der Waals surface area contributed by atoms with Crippen LogP contribution in [-0.2, 0) is 0 Å². The van der Waals surface area contributed by atoms with Crippen molar-refractivity contribution in [2.45, 2.75) is 0 Å². The van der Waals surface area contributed by atoms with Gasteiger partial charge in [0.15, 0.2) is 0 Å². The number of amides is 2. The molecule has 0 unspecified atom stereocenters. The Labute approximate surface area is 163 Å². The van der Waals surface area contributed by atoms with Crippen LogP contribution in [0.15, 0.2) is 72.8 Å². The summed E-state index contributed by atoms with van der Waals surface area (Å²) in [4.78, 5) is 25.3. The third kappa shape index (κ3) is 3.81. The molecule has 5 rings (SSSR count). The molecule has 0 saturated carbocycles. The lowest BCUT2D eigenvalue weighted by Gasteiger charge is -2.16. The first kappa shape index (κ1) is 17.6. The number of hydrogen-bond acceptors (Lipinski definition) is 4. The van der Waals surface area contributed by atoms with Crippen LogP contribution in [0.5, 0.6) is 0 Å². The Morgan fingerprint density at radius 1 is 0.536 bits per heavy atom. The molecular weight excluding hydrogens is 352 g/mol. The quantitative estimate of drug-likeness (QED) is 0.480. The SMILES string of the molecule is O=C1Nc2ccc(cc2)NC(=O)c2ccccc2NCCNc2ccccc21. The second kappa shape index (κ2) is 7.84. The van der Waals surface area contributed by atoms with Crippen molar-refractivity contribution in [1.29, 1.82) is 0 Å². The molecule has 2 heterocycles. The van der Waals surface area contributed by atoms with Gasteiger partial charge in [-0.3, -0.25) is 9.59 Å². The van der Waals surface area contributed by atoms with Crippen LogP contribution in [0.2, 0.25) is 0 Å². The largest absolute Gasteiger partial charge is 0.383 e. The van der Waals surface area contributed by atoms with E-state index in [1.54, 1.807) is 36.4 Å². The van der Waals surface area contributed by atoms with E-state index >= 15 is 0 Å².